The van der Waals surface area contributed by atoms with Crippen LogP contribution in [0.1, 0.15) is 44.5 Å². The van der Waals surface area contributed by atoms with Crippen molar-refractivity contribution in [3.8, 4) is 0 Å². The van der Waals surface area contributed by atoms with Crippen LogP contribution in [-0.2, 0) is 0 Å². The van der Waals surface area contributed by atoms with Crippen LogP contribution in [-0.4, -0.2) is 0 Å². The van der Waals surface area contributed by atoms with Gasteiger partial charge in [0.1, 0.15) is 11.2 Å². The zero-order valence-electron chi connectivity index (χ0n) is 36.6. The molecule has 0 atom stereocenters. The lowest BCUT2D eigenvalue weighted by molar-refractivity contribution is 0.633. The van der Waals surface area contributed by atoms with E-state index < -0.39 is 0 Å². The van der Waals surface area contributed by atoms with E-state index in [0.717, 1.165) is 88.2 Å². The quantitative estimate of drug-likeness (QED) is 0.168. The fourth-order valence-corrected chi connectivity index (χ4v) is 9.53. The predicted octanol–water partition coefficient (Wildman–Crippen LogP) is 17.2. The Bertz CT molecular complexity index is 3370. The molecule has 0 unspecified atom stereocenters. The van der Waals surface area contributed by atoms with Crippen LogP contribution >= 0.6 is 0 Å². The van der Waals surface area contributed by atoms with E-state index in [4.69, 9.17) is 8.83 Å². The molecule has 2 heterocycles. The summed E-state index contributed by atoms with van der Waals surface area (Å²) in [7, 11) is 0. The first kappa shape index (κ1) is 37.7. The second-order valence-corrected chi connectivity index (χ2v) is 17.5. The monoisotopic (exact) mass is 804 g/mol. The van der Waals surface area contributed by atoms with Crippen LogP contribution in [0.4, 0.5) is 34.1 Å². The van der Waals surface area contributed by atoms with Crippen LogP contribution in [0.3, 0.4) is 0 Å². The second-order valence-electron chi connectivity index (χ2n) is 17.5. The van der Waals surface area contributed by atoms with Crippen LogP contribution in [0.15, 0.2) is 154 Å². The van der Waals surface area contributed by atoms with Gasteiger partial charge in [-0.25, -0.2) is 0 Å². The molecule has 9 aromatic carbocycles. The van der Waals surface area contributed by atoms with Gasteiger partial charge in [-0.3, -0.25) is 0 Å². The molecule has 0 fully saturated rings. The van der Waals surface area contributed by atoms with Gasteiger partial charge < -0.3 is 18.6 Å². The summed E-state index contributed by atoms with van der Waals surface area (Å²) < 4.78 is 13.8. The van der Waals surface area contributed by atoms with Gasteiger partial charge in [-0.2, -0.15) is 0 Å². The average Bonchev–Trinajstić information content (AvgIpc) is 3.83. The summed E-state index contributed by atoms with van der Waals surface area (Å²) in [5.41, 5.74) is 19.9. The Morgan fingerprint density at radius 2 is 0.694 bits per heavy atom. The molecular weight excluding hydrogens is 757 g/mol. The minimum Gasteiger partial charge on any atom is -0.452 e. The summed E-state index contributed by atoms with van der Waals surface area (Å²) in [5, 5.41) is 9.00. The van der Waals surface area contributed by atoms with Crippen molar-refractivity contribution in [1.82, 2.24) is 0 Å². The molecule has 0 aliphatic carbocycles. The molecule has 0 saturated heterocycles. The number of hydrogen-bond acceptors (Lipinski definition) is 4. The zero-order valence-corrected chi connectivity index (χ0v) is 36.6. The van der Waals surface area contributed by atoms with Crippen LogP contribution in [0.5, 0.6) is 0 Å². The highest BCUT2D eigenvalue weighted by Crippen LogP contribution is 2.46. The highest BCUT2D eigenvalue weighted by Gasteiger charge is 2.24. The molecule has 4 nitrogen and oxygen atoms in total. The molecule has 0 radical (unpaired) electrons. The Balaban J connectivity index is 1.07. The van der Waals surface area contributed by atoms with Crippen molar-refractivity contribution in [2.75, 3.05) is 9.80 Å². The van der Waals surface area contributed by atoms with E-state index in [9.17, 15) is 0 Å². The minimum absolute atomic E-state index is 0.798. The van der Waals surface area contributed by atoms with E-state index in [2.05, 4.69) is 211 Å². The summed E-state index contributed by atoms with van der Waals surface area (Å²) in [4.78, 5) is 4.73. The Kier molecular flexibility index (Phi) is 8.59. The van der Waals surface area contributed by atoms with Crippen LogP contribution in [0.25, 0.3) is 65.4 Å². The number of anilines is 6. The topological polar surface area (TPSA) is 32.8 Å². The van der Waals surface area contributed by atoms with Gasteiger partial charge in [-0.1, -0.05) is 71.8 Å². The normalized spacial score (nSPS) is 11.9. The van der Waals surface area contributed by atoms with Gasteiger partial charge in [-0.15, -0.1) is 0 Å². The van der Waals surface area contributed by atoms with Crippen molar-refractivity contribution in [3.05, 3.63) is 190 Å². The molecule has 2 aromatic heterocycles. The van der Waals surface area contributed by atoms with Gasteiger partial charge in [0.2, 0.25) is 0 Å². The Labute approximate surface area is 362 Å². The lowest BCUT2D eigenvalue weighted by Gasteiger charge is -2.28. The highest BCUT2D eigenvalue weighted by atomic mass is 16.4. The number of fused-ring (bicyclic) bond motifs is 9. The molecule has 62 heavy (non-hydrogen) atoms. The third kappa shape index (κ3) is 6.04. The standard InChI is InChI=1S/C58H48N2O2/c1-33-11-19-45(20-12-33)59(51-25-35(3)9-15-37(51)5)47-23-17-41-29-49-53(31-43(41)27-47)61-57-55(49)39(7)40(8)56-50-30-42-18-24-48(28-44(42)32-54(50)62-58(56)57)60(46-21-13-34(2)14-22-46)52-26-36(4)10-16-38(52)6/h9-32H,1-8H3. The first-order chi connectivity index (χ1) is 30.0. The van der Waals surface area contributed by atoms with E-state index in [1.54, 1.807) is 0 Å². The van der Waals surface area contributed by atoms with Gasteiger partial charge in [0.25, 0.3) is 0 Å². The maximum atomic E-state index is 6.92. The SMILES string of the molecule is Cc1ccc(N(c2ccc3cc4c(cc3c2)oc2c3oc5cc6cc(N(c7ccc(C)cc7)c7cc(C)ccc7C)ccc6cc5c3c(C)c(C)c42)c2cc(C)ccc2C)cc1. The first-order valence-electron chi connectivity index (χ1n) is 21.6. The lowest BCUT2D eigenvalue weighted by Crippen LogP contribution is -2.11. The van der Waals surface area contributed by atoms with Crippen LogP contribution in [0.2, 0.25) is 0 Å². The molecule has 302 valence electrons. The van der Waals surface area contributed by atoms with Crippen LogP contribution < -0.4 is 9.80 Å². The van der Waals surface area contributed by atoms with Crippen molar-refractivity contribution < 1.29 is 8.83 Å². The number of benzene rings is 9. The smallest absolute Gasteiger partial charge is 0.178 e. The molecular formula is C58H48N2O2. The molecule has 0 amide bonds. The third-order valence-corrected chi connectivity index (χ3v) is 13.1. The van der Waals surface area contributed by atoms with Crippen molar-refractivity contribution in [2.24, 2.45) is 0 Å². The van der Waals surface area contributed by atoms with Gasteiger partial charge in [-0.05, 0) is 195 Å². The fraction of sp³-hybridized carbons (Fsp3) is 0.138. The maximum Gasteiger partial charge on any atom is 0.178 e. The zero-order chi connectivity index (χ0) is 42.6. The summed E-state index contributed by atoms with van der Waals surface area (Å²) in [6.07, 6.45) is 0. The molecule has 0 spiro atoms. The van der Waals surface area contributed by atoms with E-state index in [0.29, 0.717) is 0 Å². The number of aryl methyl sites for hydroxylation is 8. The van der Waals surface area contributed by atoms with Gasteiger partial charge >= 0.3 is 0 Å². The van der Waals surface area contributed by atoms with Crippen molar-refractivity contribution in [3.63, 3.8) is 0 Å². The third-order valence-electron chi connectivity index (χ3n) is 13.1. The van der Waals surface area contributed by atoms with Crippen molar-refractivity contribution in [1.29, 1.82) is 0 Å². The Hall–Kier alpha value is -7.30. The number of hydrogen-bond donors (Lipinski definition) is 0. The summed E-state index contributed by atoms with van der Waals surface area (Å²) in [6, 6.07) is 53.5. The van der Waals surface area contributed by atoms with Gasteiger partial charge in [0.15, 0.2) is 11.2 Å². The van der Waals surface area contributed by atoms with Crippen molar-refractivity contribution >= 4 is 99.5 Å². The number of nitrogens with zero attached hydrogens (tertiary/aromatic N) is 2. The predicted molar refractivity (Wildman–Crippen MR) is 263 cm³/mol. The van der Waals surface area contributed by atoms with E-state index >= 15 is 0 Å². The molecule has 0 N–H and O–H groups in total. The number of furan rings is 2. The molecule has 0 aliphatic heterocycles. The van der Waals surface area contributed by atoms with E-state index in [1.807, 2.05) is 0 Å². The summed E-state index contributed by atoms with van der Waals surface area (Å²) in [5.74, 6) is 0. The maximum absolute atomic E-state index is 6.92. The molecule has 0 bridgehead atoms. The van der Waals surface area contributed by atoms with Crippen molar-refractivity contribution in [2.45, 2.75) is 55.4 Å². The summed E-state index contributed by atoms with van der Waals surface area (Å²) in [6.45, 7) is 17.4. The minimum atomic E-state index is 0.798. The largest absolute Gasteiger partial charge is 0.452 e. The molecule has 4 heteroatoms. The molecule has 11 aromatic rings. The Morgan fingerprint density at radius 1 is 0.323 bits per heavy atom. The lowest BCUT2D eigenvalue weighted by atomic mass is 9.96. The number of rotatable bonds is 6. The highest BCUT2D eigenvalue weighted by molar-refractivity contribution is 6.24. The fourth-order valence-electron chi connectivity index (χ4n) is 9.53. The Morgan fingerprint density at radius 3 is 1.10 bits per heavy atom. The van der Waals surface area contributed by atoms with Gasteiger partial charge in [0, 0.05) is 55.7 Å². The average molecular weight is 805 g/mol. The summed E-state index contributed by atoms with van der Waals surface area (Å²) >= 11 is 0. The molecule has 0 aliphatic rings. The van der Waals surface area contributed by atoms with Gasteiger partial charge in [0.05, 0.1) is 0 Å². The molecule has 0 saturated carbocycles. The molecule has 11 rings (SSSR count). The van der Waals surface area contributed by atoms with E-state index in [-0.39, 0.29) is 0 Å². The van der Waals surface area contributed by atoms with Crippen LogP contribution in [0, 0.1) is 55.4 Å². The second kappa shape index (κ2) is 14.1. The first-order valence-corrected chi connectivity index (χ1v) is 21.6. The van der Waals surface area contributed by atoms with E-state index in [1.165, 1.54) is 55.9 Å².